The third kappa shape index (κ3) is 4.69. The average Bonchev–Trinajstić information content (AvgIpc) is 3.19. The van der Waals surface area contributed by atoms with Gasteiger partial charge in [-0.05, 0) is 55.9 Å². The Morgan fingerprint density at radius 1 is 1.10 bits per heavy atom. The summed E-state index contributed by atoms with van der Waals surface area (Å²) in [6.45, 7) is 16.7. The second-order valence-electron chi connectivity index (χ2n) is 8.93. The standard InChI is InChI=1S/C19H38N2/c1-7-20-17-11-8-15(19(4,5)6)12-18(17)21(13-14(2)3)16-9-10-16/h14-18,20H,7-13H2,1-6H3. The Morgan fingerprint density at radius 3 is 2.24 bits per heavy atom. The average molecular weight is 295 g/mol. The van der Waals surface area contributed by atoms with Crippen molar-refractivity contribution in [1.29, 1.82) is 0 Å². The van der Waals surface area contributed by atoms with Gasteiger partial charge in [-0.2, -0.15) is 0 Å². The number of hydrogen-bond donors (Lipinski definition) is 1. The van der Waals surface area contributed by atoms with Gasteiger partial charge in [-0.15, -0.1) is 0 Å². The first-order chi connectivity index (χ1) is 9.82. The summed E-state index contributed by atoms with van der Waals surface area (Å²) >= 11 is 0. The molecule has 0 radical (unpaired) electrons. The van der Waals surface area contributed by atoms with Crippen LogP contribution < -0.4 is 5.32 Å². The molecule has 0 saturated heterocycles. The monoisotopic (exact) mass is 294 g/mol. The summed E-state index contributed by atoms with van der Waals surface area (Å²) in [6.07, 6.45) is 7.02. The van der Waals surface area contributed by atoms with Crippen molar-refractivity contribution in [3.05, 3.63) is 0 Å². The zero-order valence-corrected chi connectivity index (χ0v) is 15.3. The summed E-state index contributed by atoms with van der Waals surface area (Å²) in [5, 5.41) is 3.80. The lowest BCUT2D eigenvalue weighted by molar-refractivity contribution is 0.0470. The molecule has 0 spiro atoms. The molecule has 0 aromatic rings. The highest BCUT2D eigenvalue weighted by Gasteiger charge is 2.42. The van der Waals surface area contributed by atoms with Gasteiger partial charge in [0.15, 0.2) is 0 Å². The van der Waals surface area contributed by atoms with Gasteiger partial charge in [-0.3, -0.25) is 4.90 Å². The van der Waals surface area contributed by atoms with Crippen LogP contribution in [-0.2, 0) is 0 Å². The maximum atomic E-state index is 3.80. The fraction of sp³-hybridized carbons (Fsp3) is 1.00. The largest absolute Gasteiger partial charge is 0.313 e. The molecule has 2 rings (SSSR count). The van der Waals surface area contributed by atoms with Gasteiger partial charge in [-0.25, -0.2) is 0 Å². The van der Waals surface area contributed by atoms with Gasteiger partial charge in [0, 0.05) is 24.7 Å². The number of hydrogen-bond acceptors (Lipinski definition) is 2. The van der Waals surface area contributed by atoms with Crippen LogP contribution in [0.2, 0.25) is 0 Å². The summed E-state index contributed by atoms with van der Waals surface area (Å²) < 4.78 is 0. The van der Waals surface area contributed by atoms with Gasteiger partial charge in [0.05, 0.1) is 0 Å². The Balaban J connectivity index is 2.11. The molecule has 124 valence electrons. The quantitative estimate of drug-likeness (QED) is 0.785. The minimum absolute atomic E-state index is 0.461. The maximum absolute atomic E-state index is 3.80. The molecule has 0 aromatic carbocycles. The van der Waals surface area contributed by atoms with E-state index in [2.05, 4.69) is 51.8 Å². The summed E-state index contributed by atoms with van der Waals surface area (Å²) in [5.41, 5.74) is 0.461. The van der Waals surface area contributed by atoms with Gasteiger partial charge in [0.25, 0.3) is 0 Å². The second-order valence-corrected chi connectivity index (χ2v) is 8.93. The van der Waals surface area contributed by atoms with Gasteiger partial charge in [0.1, 0.15) is 0 Å². The van der Waals surface area contributed by atoms with Gasteiger partial charge in [0.2, 0.25) is 0 Å². The van der Waals surface area contributed by atoms with E-state index in [0.717, 1.165) is 30.5 Å². The van der Waals surface area contributed by atoms with Crippen LogP contribution >= 0.6 is 0 Å². The van der Waals surface area contributed by atoms with E-state index in [4.69, 9.17) is 0 Å². The van der Waals surface area contributed by atoms with Gasteiger partial charge in [-0.1, -0.05) is 41.5 Å². The van der Waals surface area contributed by atoms with E-state index in [9.17, 15) is 0 Å². The molecule has 2 heteroatoms. The van der Waals surface area contributed by atoms with Crippen LogP contribution in [0.25, 0.3) is 0 Å². The fourth-order valence-corrected chi connectivity index (χ4v) is 4.18. The molecule has 3 unspecified atom stereocenters. The molecule has 0 amide bonds. The molecule has 0 aliphatic heterocycles. The Morgan fingerprint density at radius 2 is 1.76 bits per heavy atom. The smallest absolute Gasteiger partial charge is 0.0255 e. The molecule has 2 saturated carbocycles. The first-order valence-corrected chi connectivity index (χ1v) is 9.32. The van der Waals surface area contributed by atoms with Gasteiger partial charge < -0.3 is 5.32 Å². The van der Waals surface area contributed by atoms with Crippen molar-refractivity contribution in [2.45, 2.75) is 91.8 Å². The molecule has 2 nitrogen and oxygen atoms in total. The number of likely N-dealkylation sites (N-methyl/N-ethyl adjacent to an activating group) is 1. The van der Waals surface area contributed by atoms with Crippen LogP contribution in [0.15, 0.2) is 0 Å². The highest BCUT2D eigenvalue weighted by molar-refractivity contribution is 4.98. The van der Waals surface area contributed by atoms with E-state index in [1.165, 1.54) is 38.6 Å². The number of rotatable bonds is 6. The summed E-state index contributed by atoms with van der Waals surface area (Å²) in [7, 11) is 0. The molecule has 0 heterocycles. The fourth-order valence-electron chi connectivity index (χ4n) is 4.18. The number of nitrogens with zero attached hydrogens (tertiary/aromatic N) is 1. The zero-order chi connectivity index (χ0) is 15.6. The summed E-state index contributed by atoms with van der Waals surface area (Å²) in [6, 6.07) is 2.36. The SMILES string of the molecule is CCNC1CCC(C(C)(C)C)CC1N(CC(C)C)C1CC1. The van der Waals surface area contributed by atoms with Crippen LogP contribution in [0.5, 0.6) is 0 Å². The van der Waals surface area contributed by atoms with E-state index in [1.54, 1.807) is 0 Å². The predicted octanol–water partition coefficient (Wildman–Crippen LogP) is 4.30. The van der Waals surface area contributed by atoms with Crippen LogP contribution in [0.4, 0.5) is 0 Å². The lowest BCUT2D eigenvalue weighted by atomic mass is 9.69. The Kier molecular flexibility index (Phi) is 5.76. The van der Waals surface area contributed by atoms with Crippen molar-refractivity contribution in [2.75, 3.05) is 13.1 Å². The van der Waals surface area contributed by atoms with E-state index in [0.29, 0.717) is 11.5 Å². The topological polar surface area (TPSA) is 15.3 Å². The van der Waals surface area contributed by atoms with Crippen molar-refractivity contribution >= 4 is 0 Å². The molecule has 3 atom stereocenters. The minimum Gasteiger partial charge on any atom is -0.313 e. The Labute approximate surface area is 133 Å². The summed E-state index contributed by atoms with van der Waals surface area (Å²) in [4.78, 5) is 2.88. The second kappa shape index (κ2) is 7.00. The number of nitrogens with one attached hydrogen (secondary N) is 1. The molecule has 2 aliphatic rings. The predicted molar refractivity (Wildman–Crippen MR) is 92.6 cm³/mol. The highest BCUT2D eigenvalue weighted by atomic mass is 15.2. The van der Waals surface area contributed by atoms with Crippen LogP contribution in [0.1, 0.15) is 73.6 Å². The molecule has 2 fully saturated rings. The molecular formula is C19H38N2. The summed E-state index contributed by atoms with van der Waals surface area (Å²) in [5.74, 6) is 1.66. The van der Waals surface area contributed by atoms with Crippen molar-refractivity contribution in [1.82, 2.24) is 10.2 Å². The Bertz CT molecular complexity index is 314. The van der Waals surface area contributed by atoms with Crippen LogP contribution in [-0.4, -0.2) is 36.1 Å². The molecule has 0 bridgehead atoms. The van der Waals surface area contributed by atoms with Crippen molar-refractivity contribution < 1.29 is 0 Å². The van der Waals surface area contributed by atoms with Crippen molar-refractivity contribution in [3.8, 4) is 0 Å². The third-order valence-electron chi connectivity index (χ3n) is 5.53. The maximum Gasteiger partial charge on any atom is 0.0255 e. The van der Waals surface area contributed by atoms with Crippen LogP contribution in [0, 0.1) is 17.3 Å². The van der Waals surface area contributed by atoms with E-state index in [1.807, 2.05) is 0 Å². The van der Waals surface area contributed by atoms with Crippen molar-refractivity contribution in [2.24, 2.45) is 17.3 Å². The van der Waals surface area contributed by atoms with E-state index >= 15 is 0 Å². The zero-order valence-electron chi connectivity index (χ0n) is 15.3. The van der Waals surface area contributed by atoms with E-state index in [-0.39, 0.29) is 0 Å². The highest BCUT2D eigenvalue weighted by Crippen LogP contribution is 2.42. The first kappa shape index (κ1) is 17.3. The normalized spacial score (nSPS) is 31.1. The first-order valence-electron chi connectivity index (χ1n) is 9.32. The minimum atomic E-state index is 0.461. The molecule has 21 heavy (non-hydrogen) atoms. The van der Waals surface area contributed by atoms with Crippen molar-refractivity contribution in [3.63, 3.8) is 0 Å². The van der Waals surface area contributed by atoms with E-state index < -0.39 is 0 Å². The third-order valence-corrected chi connectivity index (χ3v) is 5.53. The molecule has 1 N–H and O–H groups in total. The lowest BCUT2D eigenvalue weighted by Crippen LogP contribution is -2.55. The van der Waals surface area contributed by atoms with Gasteiger partial charge >= 0.3 is 0 Å². The Hall–Kier alpha value is -0.0800. The molecular weight excluding hydrogens is 256 g/mol. The lowest BCUT2D eigenvalue weighted by Gasteiger charge is -2.47. The molecule has 2 aliphatic carbocycles. The molecule has 0 aromatic heterocycles. The van der Waals surface area contributed by atoms with Crippen LogP contribution in [0.3, 0.4) is 0 Å².